The van der Waals surface area contributed by atoms with Gasteiger partial charge in [0.25, 0.3) is 5.56 Å². The van der Waals surface area contributed by atoms with Gasteiger partial charge in [-0.3, -0.25) is 4.79 Å². The molecule has 0 saturated heterocycles. The van der Waals surface area contributed by atoms with Crippen LogP contribution in [0.3, 0.4) is 0 Å². The molecule has 0 aliphatic heterocycles. The first-order valence-corrected chi connectivity index (χ1v) is 6.16. The highest BCUT2D eigenvalue weighted by molar-refractivity contribution is 5.27. The van der Waals surface area contributed by atoms with E-state index in [4.69, 9.17) is 0 Å². The molecule has 0 aromatic carbocycles. The summed E-state index contributed by atoms with van der Waals surface area (Å²) < 4.78 is 0. The van der Waals surface area contributed by atoms with Gasteiger partial charge in [0, 0.05) is 36.1 Å². The molecule has 2 heterocycles. The largest absolute Gasteiger partial charge is 0.354 e. The Morgan fingerprint density at radius 2 is 1.79 bits per heavy atom. The maximum absolute atomic E-state index is 11.3. The van der Waals surface area contributed by atoms with E-state index in [0.29, 0.717) is 24.7 Å². The molecular weight excluding hydrogens is 242 g/mol. The lowest BCUT2D eigenvalue weighted by Crippen LogP contribution is -2.14. The highest BCUT2D eigenvalue weighted by Gasteiger charge is 2.01. The van der Waals surface area contributed by atoms with Gasteiger partial charge in [0.15, 0.2) is 0 Å². The van der Waals surface area contributed by atoms with E-state index in [9.17, 15) is 4.79 Å². The van der Waals surface area contributed by atoms with Crippen molar-refractivity contribution in [3.8, 4) is 0 Å². The van der Waals surface area contributed by atoms with Gasteiger partial charge < -0.3 is 10.3 Å². The van der Waals surface area contributed by atoms with E-state index in [1.165, 1.54) is 6.07 Å². The zero-order valence-corrected chi connectivity index (χ0v) is 11.3. The lowest BCUT2D eigenvalue weighted by Gasteiger charge is -2.06. The predicted molar refractivity (Wildman–Crippen MR) is 73.3 cm³/mol. The van der Waals surface area contributed by atoms with Crippen LogP contribution in [0.25, 0.3) is 0 Å². The van der Waals surface area contributed by atoms with Crippen molar-refractivity contribution in [3.05, 3.63) is 45.4 Å². The van der Waals surface area contributed by atoms with Crippen LogP contribution < -0.4 is 10.9 Å². The lowest BCUT2D eigenvalue weighted by atomic mass is 10.3. The molecule has 0 saturated carbocycles. The molecule has 2 rings (SSSR count). The fraction of sp³-hybridized carbons (Fsp3) is 0.385. The molecule has 2 aromatic heterocycles. The molecule has 2 aromatic rings. The molecule has 0 amide bonds. The summed E-state index contributed by atoms with van der Waals surface area (Å²) in [6.45, 7) is 6.27. The van der Waals surface area contributed by atoms with Crippen molar-refractivity contribution in [2.45, 2.75) is 27.2 Å². The fourth-order valence-electron chi connectivity index (χ4n) is 1.88. The second-order valence-corrected chi connectivity index (χ2v) is 4.47. The van der Waals surface area contributed by atoms with E-state index in [0.717, 1.165) is 17.1 Å². The third kappa shape index (κ3) is 3.87. The summed E-state index contributed by atoms with van der Waals surface area (Å²) in [5.74, 6) is 1.24. The average molecular weight is 259 g/mol. The molecular formula is C13H17N5O. The van der Waals surface area contributed by atoms with Crippen LogP contribution in [0.15, 0.2) is 16.9 Å². The van der Waals surface area contributed by atoms with Gasteiger partial charge in [0.05, 0.1) is 0 Å². The first kappa shape index (κ1) is 13.2. The summed E-state index contributed by atoms with van der Waals surface area (Å²) in [5.41, 5.74) is 2.50. The van der Waals surface area contributed by atoms with Gasteiger partial charge in [-0.2, -0.15) is 0 Å². The van der Waals surface area contributed by atoms with Crippen molar-refractivity contribution in [2.24, 2.45) is 0 Å². The Morgan fingerprint density at radius 1 is 1.11 bits per heavy atom. The normalized spacial score (nSPS) is 10.5. The minimum Gasteiger partial charge on any atom is -0.354 e. The van der Waals surface area contributed by atoms with E-state index in [1.807, 2.05) is 19.9 Å². The zero-order chi connectivity index (χ0) is 13.8. The minimum absolute atomic E-state index is 0.120. The lowest BCUT2D eigenvalue weighted by molar-refractivity contribution is 0.887. The van der Waals surface area contributed by atoms with E-state index in [-0.39, 0.29) is 5.56 Å². The van der Waals surface area contributed by atoms with Gasteiger partial charge in [-0.15, -0.1) is 0 Å². The number of hydrogen-bond acceptors (Lipinski definition) is 5. The minimum atomic E-state index is -0.120. The van der Waals surface area contributed by atoms with Crippen LogP contribution in [-0.2, 0) is 6.42 Å². The zero-order valence-electron chi connectivity index (χ0n) is 11.3. The van der Waals surface area contributed by atoms with E-state index in [1.54, 1.807) is 6.92 Å². The van der Waals surface area contributed by atoms with Crippen LogP contribution in [-0.4, -0.2) is 26.5 Å². The maximum Gasteiger partial charge on any atom is 0.251 e. The number of nitrogens with zero attached hydrogens (tertiary/aromatic N) is 3. The maximum atomic E-state index is 11.3. The number of aromatic nitrogens is 4. The quantitative estimate of drug-likeness (QED) is 0.860. The number of aryl methyl sites for hydroxylation is 3. The Morgan fingerprint density at radius 3 is 2.42 bits per heavy atom. The Hall–Kier alpha value is -2.24. The number of H-pyrrole nitrogens is 1. The van der Waals surface area contributed by atoms with E-state index in [2.05, 4.69) is 25.3 Å². The molecule has 0 bridgehead atoms. The van der Waals surface area contributed by atoms with Crippen LogP contribution in [0, 0.1) is 20.8 Å². The molecule has 0 radical (unpaired) electrons. The summed E-state index contributed by atoms with van der Waals surface area (Å²) in [7, 11) is 0. The highest BCUT2D eigenvalue weighted by atomic mass is 16.1. The third-order valence-corrected chi connectivity index (χ3v) is 2.56. The van der Waals surface area contributed by atoms with Crippen LogP contribution in [0.4, 0.5) is 5.95 Å². The molecule has 2 N–H and O–H groups in total. The van der Waals surface area contributed by atoms with Crippen LogP contribution in [0.2, 0.25) is 0 Å². The van der Waals surface area contributed by atoms with Gasteiger partial charge in [-0.25, -0.2) is 15.0 Å². The molecule has 0 fully saturated rings. The highest BCUT2D eigenvalue weighted by Crippen LogP contribution is 2.03. The summed E-state index contributed by atoms with van der Waals surface area (Å²) >= 11 is 0. The third-order valence-electron chi connectivity index (χ3n) is 2.56. The number of aromatic amines is 1. The number of hydrogen-bond donors (Lipinski definition) is 2. The van der Waals surface area contributed by atoms with E-state index >= 15 is 0 Å². The number of nitrogens with one attached hydrogen (secondary N) is 2. The number of rotatable bonds is 4. The van der Waals surface area contributed by atoms with Gasteiger partial charge >= 0.3 is 0 Å². The second-order valence-electron chi connectivity index (χ2n) is 4.47. The van der Waals surface area contributed by atoms with Gasteiger partial charge in [0.2, 0.25) is 5.95 Å². The van der Waals surface area contributed by atoms with Crippen molar-refractivity contribution < 1.29 is 0 Å². The Bertz CT molecular complexity index is 615. The van der Waals surface area contributed by atoms with Crippen molar-refractivity contribution in [1.29, 1.82) is 0 Å². The summed E-state index contributed by atoms with van der Waals surface area (Å²) in [4.78, 5) is 26.8. The van der Waals surface area contributed by atoms with Crippen molar-refractivity contribution in [1.82, 2.24) is 19.9 Å². The first-order chi connectivity index (χ1) is 9.02. The second kappa shape index (κ2) is 5.60. The molecule has 6 heteroatoms. The van der Waals surface area contributed by atoms with Gasteiger partial charge in [-0.1, -0.05) is 0 Å². The molecule has 0 atom stereocenters. The molecule has 19 heavy (non-hydrogen) atoms. The topological polar surface area (TPSA) is 83.6 Å². The van der Waals surface area contributed by atoms with Crippen molar-refractivity contribution in [3.63, 3.8) is 0 Å². The SMILES string of the molecule is Cc1cc(C)nc(NCCc2cc(=O)[nH]c(C)n2)n1. The van der Waals surface area contributed by atoms with Crippen molar-refractivity contribution in [2.75, 3.05) is 11.9 Å². The Balaban J connectivity index is 1.98. The summed E-state index contributed by atoms with van der Waals surface area (Å²) in [6.07, 6.45) is 0.654. The van der Waals surface area contributed by atoms with Crippen LogP contribution in [0.5, 0.6) is 0 Å². The monoisotopic (exact) mass is 259 g/mol. The molecule has 0 unspecified atom stereocenters. The van der Waals surface area contributed by atoms with Crippen LogP contribution >= 0.6 is 0 Å². The van der Waals surface area contributed by atoms with Gasteiger partial charge in [-0.05, 0) is 26.8 Å². The summed E-state index contributed by atoms with van der Waals surface area (Å²) in [5, 5.41) is 3.14. The Labute approximate surface area is 111 Å². The van der Waals surface area contributed by atoms with Crippen LogP contribution in [0.1, 0.15) is 22.9 Å². The molecule has 0 aliphatic rings. The molecule has 0 spiro atoms. The van der Waals surface area contributed by atoms with Crippen molar-refractivity contribution >= 4 is 5.95 Å². The Kier molecular flexibility index (Phi) is 3.89. The average Bonchev–Trinajstić information content (AvgIpc) is 2.26. The predicted octanol–water partition coefficient (Wildman–Crippen LogP) is 1.14. The smallest absolute Gasteiger partial charge is 0.251 e. The first-order valence-electron chi connectivity index (χ1n) is 6.16. The fourth-order valence-corrected chi connectivity index (χ4v) is 1.88. The molecule has 0 aliphatic carbocycles. The van der Waals surface area contributed by atoms with E-state index < -0.39 is 0 Å². The number of anilines is 1. The summed E-state index contributed by atoms with van der Waals surface area (Å²) in [6, 6.07) is 3.43. The van der Waals surface area contributed by atoms with Gasteiger partial charge in [0.1, 0.15) is 5.82 Å². The molecule has 6 nitrogen and oxygen atoms in total. The standard InChI is InChI=1S/C13H17N5O/c1-8-6-9(2)16-13(15-8)14-5-4-11-7-12(19)18-10(3)17-11/h6-7H,4-5H2,1-3H3,(H,14,15,16)(H,17,18,19). The molecule has 100 valence electrons.